The van der Waals surface area contributed by atoms with Gasteiger partial charge in [-0.3, -0.25) is 4.99 Å². The number of allylic oxidation sites excluding steroid dienone is 1. The molecule has 0 aromatic carbocycles. The third-order valence-corrected chi connectivity index (χ3v) is 2.53. The van der Waals surface area contributed by atoms with E-state index in [1.807, 2.05) is 0 Å². The Hall–Kier alpha value is -1.78. The molecular weight excluding hydrogens is 196 g/mol. The minimum absolute atomic E-state index is 0.244. The van der Waals surface area contributed by atoms with Gasteiger partial charge in [-0.1, -0.05) is 0 Å². The van der Waals surface area contributed by atoms with Crippen LogP contribution in [0.15, 0.2) is 29.1 Å². The number of ether oxygens (including phenoxy) is 1. The van der Waals surface area contributed by atoms with E-state index >= 15 is 0 Å². The van der Waals surface area contributed by atoms with Gasteiger partial charge in [0.1, 0.15) is 11.9 Å². The molecule has 2 heterocycles. The van der Waals surface area contributed by atoms with Gasteiger partial charge in [0.2, 0.25) is 0 Å². The highest BCUT2D eigenvalue weighted by Crippen LogP contribution is 2.24. The van der Waals surface area contributed by atoms with E-state index in [2.05, 4.69) is 4.99 Å². The van der Waals surface area contributed by atoms with Gasteiger partial charge in [-0.2, -0.15) is 0 Å². The van der Waals surface area contributed by atoms with Gasteiger partial charge in [0.25, 0.3) is 0 Å². The topological polar surface area (TPSA) is 62.1 Å². The number of carboxylic acids is 1. The average Bonchev–Trinajstić information content (AvgIpc) is 2.52. The molecule has 0 saturated heterocycles. The fourth-order valence-electron chi connectivity index (χ4n) is 1.82. The molecule has 0 radical (unpaired) electrons. The Bertz CT molecular complexity index is 384. The van der Waals surface area contributed by atoms with Crippen molar-refractivity contribution in [3.05, 3.63) is 24.1 Å². The van der Waals surface area contributed by atoms with Gasteiger partial charge >= 0.3 is 5.97 Å². The normalized spacial score (nSPS) is 28.3. The SMILES string of the molecule is COC1=CC2N=C(C)C(C(=O)O)N2C=C1. The van der Waals surface area contributed by atoms with Crippen LogP contribution in [0, 0.1) is 0 Å². The third kappa shape index (κ3) is 1.49. The van der Waals surface area contributed by atoms with Crippen LogP contribution in [0.5, 0.6) is 0 Å². The summed E-state index contributed by atoms with van der Waals surface area (Å²) in [6.45, 7) is 1.73. The predicted molar refractivity (Wildman–Crippen MR) is 54.4 cm³/mol. The van der Waals surface area contributed by atoms with Gasteiger partial charge in [-0.15, -0.1) is 0 Å². The number of fused-ring (bicyclic) bond motifs is 1. The molecule has 0 bridgehead atoms. The van der Waals surface area contributed by atoms with Gasteiger partial charge in [0, 0.05) is 18.0 Å². The molecule has 0 amide bonds. The van der Waals surface area contributed by atoms with Crippen molar-refractivity contribution in [2.75, 3.05) is 7.11 Å². The van der Waals surface area contributed by atoms with Crippen molar-refractivity contribution in [2.45, 2.75) is 19.1 Å². The molecule has 0 fully saturated rings. The molecule has 0 aromatic rings. The molecule has 2 aliphatic rings. The van der Waals surface area contributed by atoms with Crippen LogP contribution in [0.1, 0.15) is 6.92 Å². The molecule has 0 spiro atoms. The summed E-state index contributed by atoms with van der Waals surface area (Å²) in [5.74, 6) is -0.170. The summed E-state index contributed by atoms with van der Waals surface area (Å²) in [7, 11) is 1.58. The zero-order valence-corrected chi connectivity index (χ0v) is 8.54. The highest BCUT2D eigenvalue weighted by molar-refractivity contribution is 6.05. The summed E-state index contributed by atoms with van der Waals surface area (Å²) in [5, 5.41) is 9.04. The number of rotatable bonds is 2. The lowest BCUT2D eigenvalue weighted by Gasteiger charge is -2.26. The minimum Gasteiger partial charge on any atom is -0.497 e. The van der Waals surface area contributed by atoms with Crippen LogP contribution >= 0.6 is 0 Å². The first-order valence-corrected chi connectivity index (χ1v) is 4.62. The lowest BCUT2D eigenvalue weighted by Crippen LogP contribution is -2.41. The smallest absolute Gasteiger partial charge is 0.332 e. The van der Waals surface area contributed by atoms with Crippen LogP contribution in [-0.2, 0) is 9.53 Å². The molecule has 2 atom stereocenters. The largest absolute Gasteiger partial charge is 0.497 e. The van der Waals surface area contributed by atoms with E-state index < -0.39 is 12.0 Å². The van der Waals surface area contributed by atoms with Crippen molar-refractivity contribution in [2.24, 2.45) is 4.99 Å². The van der Waals surface area contributed by atoms with Crippen LogP contribution in [0.2, 0.25) is 0 Å². The maximum atomic E-state index is 11.0. The molecule has 2 unspecified atom stereocenters. The van der Waals surface area contributed by atoms with E-state index in [9.17, 15) is 4.79 Å². The maximum Gasteiger partial charge on any atom is 0.332 e. The third-order valence-electron chi connectivity index (χ3n) is 2.53. The number of carbonyl (C=O) groups is 1. The van der Waals surface area contributed by atoms with Crippen LogP contribution in [0.3, 0.4) is 0 Å². The van der Waals surface area contributed by atoms with Crippen LogP contribution < -0.4 is 0 Å². The number of nitrogens with zero attached hydrogens (tertiary/aromatic N) is 2. The Morgan fingerprint density at radius 3 is 3.00 bits per heavy atom. The first-order valence-electron chi connectivity index (χ1n) is 4.62. The van der Waals surface area contributed by atoms with Gasteiger partial charge in [-0.05, 0) is 13.0 Å². The van der Waals surface area contributed by atoms with Crippen LogP contribution in [0.4, 0.5) is 0 Å². The summed E-state index contributed by atoms with van der Waals surface area (Å²) in [6.07, 6.45) is 5.00. The second kappa shape index (κ2) is 3.42. The molecule has 2 aliphatic heterocycles. The molecule has 5 heteroatoms. The lowest BCUT2D eigenvalue weighted by molar-refractivity contribution is -0.139. The van der Waals surface area contributed by atoms with Gasteiger partial charge < -0.3 is 14.7 Å². The minimum atomic E-state index is -0.877. The molecule has 5 nitrogen and oxygen atoms in total. The van der Waals surface area contributed by atoms with E-state index in [1.165, 1.54) is 0 Å². The summed E-state index contributed by atoms with van der Waals surface area (Å²) in [5.41, 5.74) is 0.616. The zero-order chi connectivity index (χ0) is 11.0. The Morgan fingerprint density at radius 1 is 1.67 bits per heavy atom. The van der Waals surface area contributed by atoms with E-state index in [0.717, 1.165) is 0 Å². The lowest BCUT2D eigenvalue weighted by atomic mass is 10.1. The van der Waals surface area contributed by atoms with Gasteiger partial charge in [-0.25, -0.2) is 4.79 Å². The second-order valence-electron chi connectivity index (χ2n) is 3.46. The fourth-order valence-corrected chi connectivity index (χ4v) is 1.82. The molecule has 0 aromatic heterocycles. The predicted octanol–water partition coefficient (Wildman–Crippen LogP) is 0.600. The zero-order valence-electron chi connectivity index (χ0n) is 8.54. The molecule has 0 aliphatic carbocycles. The van der Waals surface area contributed by atoms with Crippen LogP contribution in [0.25, 0.3) is 0 Å². The quantitative estimate of drug-likeness (QED) is 0.721. The van der Waals surface area contributed by atoms with Crippen molar-refractivity contribution in [1.29, 1.82) is 0 Å². The fraction of sp³-hybridized carbons (Fsp3) is 0.400. The van der Waals surface area contributed by atoms with E-state index in [0.29, 0.717) is 11.5 Å². The Kier molecular flexibility index (Phi) is 2.22. The Balaban J connectivity index is 2.28. The maximum absolute atomic E-state index is 11.0. The summed E-state index contributed by atoms with van der Waals surface area (Å²) in [6, 6.07) is -0.652. The van der Waals surface area contributed by atoms with E-state index in [-0.39, 0.29) is 6.17 Å². The molecule has 80 valence electrons. The summed E-state index contributed by atoms with van der Waals surface area (Å²) in [4.78, 5) is 17.0. The average molecular weight is 208 g/mol. The first kappa shape index (κ1) is 9.76. The van der Waals surface area contributed by atoms with Gasteiger partial charge in [0.05, 0.1) is 7.11 Å². The number of methoxy groups -OCH3 is 1. The second-order valence-corrected chi connectivity index (χ2v) is 3.46. The number of hydrogen-bond acceptors (Lipinski definition) is 4. The van der Waals surface area contributed by atoms with Crippen molar-refractivity contribution in [1.82, 2.24) is 4.90 Å². The monoisotopic (exact) mass is 208 g/mol. The van der Waals surface area contributed by atoms with Crippen molar-refractivity contribution >= 4 is 11.7 Å². The first-order chi connectivity index (χ1) is 7.13. The van der Waals surface area contributed by atoms with E-state index in [1.54, 1.807) is 37.3 Å². The Labute approximate surface area is 87.4 Å². The van der Waals surface area contributed by atoms with Crippen molar-refractivity contribution < 1.29 is 14.6 Å². The van der Waals surface area contributed by atoms with Crippen molar-refractivity contribution in [3.63, 3.8) is 0 Å². The summed E-state index contributed by atoms with van der Waals surface area (Å²) >= 11 is 0. The molecule has 1 N–H and O–H groups in total. The number of hydrogen-bond donors (Lipinski definition) is 1. The number of carboxylic acid groups (broad SMARTS) is 1. The van der Waals surface area contributed by atoms with Crippen LogP contribution in [-0.4, -0.2) is 41.0 Å². The number of aliphatic carboxylic acids is 1. The number of aliphatic imine (C=N–C) groups is 1. The molecule has 15 heavy (non-hydrogen) atoms. The summed E-state index contributed by atoms with van der Waals surface area (Å²) < 4.78 is 5.06. The standard InChI is InChI=1S/C10H12N2O3/c1-6-9(10(13)14)12-4-3-7(15-2)5-8(12)11-6/h3-5,8-9H,1-2H3,(H,13,14). The Morgan fingerprint density at radius 2 is 2.40 bits per heavy atom. The molecule has 0 saturated carbocycles. The van der Waals surface area contributed by atoms with Gasteiger partial charge in [0.15, 0.2) is 6.04 Å². The molecule has 2 rings (SSSR count). The molecular formula is C10H12N2O3. The van der Waals surface area contributed by atoms with Crippen molar-refractivity contribution in [3.8, 4) is 0 Å². The highest BCUT2D eigenvalue weighted by atomic mass is 16.5. The highest BCUT2D eigenvalue weighted by Gasteiger charge is 2.37. The van der Waals surface area contributed by atoms with E-state index in [4.69, 9.17) is 9.84 Å².